The van der Waals surface area contributed by atoms with Crippen LogP contribution in [0.3, 0.4) is 0 Å². The number of aryl methyl sites for hydroxylation is 1. The maximum Gasteiger partial charge on any atom is 0.406 e. The molecule has 0 saturated heterocycles. The fraction of sp³-hybridized carbons (Fsp3) is 0.350. The van der Waals surface area contributed by atoms with Crippen molar-refractivity contribution in [1.29, 1.82) is 0 Å². The van der Waals surface area contributed by atoms with Crippen molar-refractivity contribution >= 4 is 11.6 Å². The van der Waals surface area contributed by atoms with E-state index in [-0.39, 0.29) is 5.92 Å². The van der Waals surface area contributed by atoms with Crippen molar-refractivity contribution in [1.82, 2.24) is 0 Å². The second-order valence-corrected chi connectivity index (χ2v) is 6.30. The highest BCUT2D eigenvalue weighted by atomic mass is 19.4. The average Bonchev–Trinajstić information content (AvgIpc) is 2.68. The summed E-state index contributed by atoms with van der Waals surface area (Å²) in [4.78, 5) is 13.9. The molecule has 0 bridgehead atoms. The molecule has 132 valence electrons. The monoisotopic (exact) mass is 347 g/mol. The normalized spacial score (nSPS) is 17.1. The van der Waals surface area contributed by atoms with Gasteiger partial charge in [-0.15, -0.1) is 0 Å². The molecule has 25 heavy (non-hydrogen) atoms. The summed E-state index contributed by atoms with van der Waals surface area (Å²) < 4.78 is 39.6. The number of halogens is 3. The third-order valence-electron chi connectivity index (χ3n) is 4.73. The molecule has 1 aliphatic rings. The molecular weight excluding hydrogens is 327 g/mol. The molecule has 0 saturated carbocycles. The van der Waals surface area contributed by atoms with Gasteiger partial charge in [0.25, 0.3) is 5.91 Å². The predicted molar refractivity (Wildman–Crippen MR) is 92.1 cm³/mol. The quantitative estimate of drug-likeness (QED) is 0.736. The highest BCUT2D eigenvalue weighted by Crippen LogP contribution is 2.41. The van der Waals surface area contributed by atoms with Gasteiger partial charge in [0.05, 0.1) is 0 Å². The Hall–Kier alpha value is -2.30. The standard InChI is InChI=1S/C20H20F3NO/c1-3-13-9-10-16-14(4-2)15-7-5-6-8-17(15)19(25)24(18(16)11-13)12-20(21,22)23/h5-11,14H,3-4,12H2,1-2H3. The molecule has 1 heterocycles. The fourth-order valence-electron chi connectivity index (χ4n) is 3.53. The highest BCUT2D eigenvalue weighted by molar-refractivity contribution is 6.09. The molecule has 0 aromatic heterocycles. The van der Waals surface area contributed by atoms with Crippen LogP contribution in [0.1, 0.15) is 53.2 Å². The predicted octanol–water partition coefficient (Wildman–Crippen LogP) is 5.31. The van der Waals surface area contributed by atoms with E-state index < -0.39 is 18.6 Å². The van der Waals surface area contributed by atoms with E-state index in [9.17, 15) is 18.0 Å². The van der Waals surface area contributed by atoms with E-state index in [0.717, 1.165) is 21.6 Å². The largest absolute Gasteiger partial charge is 0.406 e. The number of rotatable bonds is 3. The zero-order valence-corrected chi connectivity index (χ0v) is 14.2. The van der Waals surface area contributed by atoms with Gasteiger partial charge in [-0.2, -0.15) is 13.2 Å². The van der Waals surface area contributed by atoms with Crippen LogP contribution in [0.4, 0.5) is 18.9 Å². The van der Waals surface area contributed by atoms with Gasteiger partial charge in [-0.3, -0.25) is 9.69 Å². The van der Waals surface area contributed by atoms with Crippen LogP contribution in [0.5, 0.6) is 0 Å². The zero-order chi connectivity index (χ0) is 18.2. The van der Waals surface area contributed by atoms with Crippen molar-refractivity contribution in [2.24, 2.45) is 0 Å². The molecule has 5 heteroatoms. The van der Waals surface area contributed by atoms with E-state index in [0.29, 0.717) is 24.1 Å². The Kier molecular flexibility index (Phi) is 4.58. The summed E-state index contributed by atoms with van der Waals surface area (Å²) >= 11 is 0. The summed E-state index contributed by atoms with van der Waals surface area (Å²) in [5.41, 5.74) is 3.23. The number of benzene rings is 2. The minimum atomic E-state index is -4.46. The number of fused-ring (bicyclic) bond motifs is 2. The topological polar surface area (TPSA) is 20.3 Å². The van der Waals surface area contributed by atoms with Gasteiger partial charge in [0.1, 0.15) is 6.54 Å². The van der Waals surface area contributed by atoms with Gasteiger partial charge >= 0.3 is 6.18 Å². The Balaban J connectivity index is 2.27. The van der Waals surface area contributed by atoms with Crippen LogP contribution in [-0.4, -0.2) is 18.6 Å². The molecule has 2 nitrogen and oxygen atoms in total. The van der Waals surface area contributed by atoms with Gasteiger partial charge in [0, 0.05) is 17.2 Å². The van der Waals surface area contributed by atoms with Crippen molar-refractivity contribution in [3.63, 3.8) is 0 Å². The lowest BCUT2D eigenvalue weighted by Crippen LogP contribution is -2.39. The first kappa shape index (κ1) is 17.5. The summed E-state index contributed by atoms with van der Waals surface area (Å²) in [7, 11) is 0. The number of nitrogens with zero attached hydrogens (tertiary/aromatic N) is 1. The molecule has 1 unspecified atom stereocenters. The van der Waals surface area contributed by atoms with Crippen molar-refractivity contribution in [2.75, 3.05) is 11.4 Å². The maximum absolute atomic E-state index is 13.2. The Morgan fingerprint density at radius 3 is 2.40 bits per heavy atom. The number of carbonyl (C=O) groups excluding carboxylic acids is 1. The van der Waals surface area contributed by atoms with Gasteiger partial charge in [0.15, 0.2) is 0 Å². The second kappa shape index (κ2) is 6.54. The fourth-order valence-corrected chi connectivity index (χ4v) is 3.53. The van der Waals surface area contributed by atoms with Gasteiger partial charge in [-0.05, 0) is 41.7 Å². The van der Waals surface area contributed by atoms with E-state index in [1.54, 1.807) is 18.2 Å². The third-order valence-corrected chi connectivity index (χ3v) is 4.73. The van der Waals surface area contributed by atoms with Crippen LogP contribution in [-0.2, 0) is 6.42 Å². The Morgan fingerprint density at radius 2 is 1.76 bits per heavy atom. The molecule has 0 radical (unpaired) electrons. The van der Waals surface area contributed by atoms with Crippen LogP contribution in [0.25, 0.3) is 0 Å². The Labute approximate surface area is 145 Å². The smallest absolute Gasteiger partial charge is 0.299 e. The van der Waals surface area contributed by atoms with E-state index in [4.69, 9.17) is 0 Å². The van der Waals surface area contributed by atoms with Gasteiger partial charge in [-0.1, -0.05) is 44.2 Å². The second-order valence-electron chi connectivity index (χ2n) is 6.30. The number of hydrogen-bond acceptors (Lipinski definition) is 1. The summed E-state index contributed by atoms with van der Waals surface area (Å²) in [6.45, 7) is 2.65. The molecular formula is C20H20F3NO. The Morgan fingerprint density at radius 1 is 1.04 bits per heavy atom. The zero-order valence-electron chi connectivity index (χ0n) is 14.2. The van der Waals surface area contributed by atoms with Crippen molar-refractivity contribution in [3.8, 4) is 0 Å². The van der Waals surface area contributed by atoms with E-state index in [1.165, 1.54) is 0 Å². The molecule has 1 atom stereocenters. The molecule has 1 amide bonds. The minimum Gasteiger partial charge on any atom is -0.299 e. The first-order valence-electron chi connectivity index (χ1n) is 8.46. The molecule has 0 fully saturated rings. The number of alkyl halides is 3. The van der Waals surface area contributed by atoms with Crippen LogP contribution >= 0.6 is 0 Å². The van der Waals surface area contributed by atoms with Crippen molar-refractivity contribution in [3.05, 3.63) is 64.7 Å². The Bertz CT molecular complexity index is 798. The number of anilines is 1. The number of hydrogen-bond donors (Lipinski definition) is 0. The first-order valence-corrected chi connectivity index (χ1v) is 8.46. The van der Waals surface area contributed by atoms with Crippen molar-refractivity contribution < 1.29 is 18.0 Å². The van der Waals surface area contributed by atoms with Crippen LogP contribution in [0.2, 0.25) is 0 Å². The molecule has 0 spiro atoms. The molecule has 3 rings (SSSR count). The third kappa shape index (κ3) is 3.28. The minimum absolute atomic E-state index is 0.0979. The lowest BCUT2D eigenvalue weighted by atomic mass is 9.86. The molecule has 2 aromatic rings. The summed E-state index contributed by atoms with van der Waals surface area (Å²) in [6.07, 6.45) is -3.05. The van der Waals surface area contributed by atoms with E-state index >= 15 is 0 Å². The SMILES string of the molecule is CCc1ccc2c(c1)N(CC(F)(F)F)C(=O)c1ccccc1C2CC. The van der Waals surface area contributed by atoms with E-state index in [2.05, 4.69) is 0 Å². The van der Waals surface area contributed by atoms with Crippen LogP contribution < -0.4 is 4.90 Å². The van der Waals surface area contributed by atoms with Crippen molar-refractivity contribution in [2.45, 2.75) is 38.8 Å². The van der Waals surface area contributed by atoms with Gasteiger partial charge in [0.2, 0.25) is 0 Å². The summed E-state index contributed by atoms with van der Waals surface area (Å²) in [5.74, 6) is -0.683. The molecule has 0 aliphatic carbocycles. The lowest BCUT2D eigenvalue weighted by Gasteiger charge is -2.26. The summed E-state index contributed by atoms with van der Waals surface area (Å²) in [5, 5.41) is 0. The van der Waals surface area contributed by atoms with Crippen LogP contribution in [0, 0.1) is 0 Å². The molecule has 1 aliphatic heterocycles. The average molecular weight is 347 g/mol. The number of amides is 1. The number of carbonyl (C=O) groups is 1. The molecule has 2 aromatic carbocycles. The lowest BCUT2D eigenvalue weighted by molar-refractivity contribution is -0.118. The van der Waals surface area contributed by atoms with E-state index in [1.807, 2.05) is 38.1 Å². The van der Waals surface area contributed by atoms with Gasteiger partial charge < -0.3 is 0 Å². The first-order chi connectivity index (χ1) is 11.9. The maximum atomic E-state index is 13.2. The van der Waals surface area contributed by atoms with Crippen LogP contribution in [0.15, 0.2) is 42.5 Å². The van der Waals surface area contributed by atoms with Gasteiger partial charge in [-0.25, -0.2) is 0 Å². The molecule has 0 N–H and O–H groups in total. The highest BCUT2D eigenvalue weighted by Gasteiger charge is 2.38. The summed E-state index contributed by atoms with van der Waals surface area (Å²) in [6, 6.07) is 12.5.